The molecular weight excluding hydrogens is 540 g/mol. The van der Waals surface area contributed by atoms with Crippen LogP contribution in [0.5, 0.6) is 5.75 Å². The summed E-state index contributed by atoms with van der Waals surface area (Å²) in [5.41, 5.74) is 2.78. The normalized spacial score (nSPS) is 15.2. The first kappa shape index (κ1) is 32.2. The van der Waals surface area contributed by atoms with Gasteiger partial charge in [0.05, 0.1) is 19.8 Å². The summed E-state index contributed by atoms with van der Waals surface area (Å²) in [5.74, 6) is 1.67. The molecule has 2 aromatic rings. The van der Waals surface area contributed by atoms with Crippen LogP contribution in [0.1, 0.15) is 54.7 Å². The van der Waals surface area contributed by atoms with E-state index in [1.54, 1.807) is 19.2 Å². The molecule has 224 valence electrons. The summed E-state index contributed by atoms with van der Waals surface area (Å²) in [7, 11) is 1.62. The van der Waals surface area contributed by atoms with Crippen molar-refractivity contribution in [3.63, 3.8) is 0 Å². The van der Waals surface area contributed by atoms with Crippen LogP contribution in [0, 0.1) is 5.82 Å². The summed E-state index contributed by atoms with van der Waals surface area (Å²) in [6, 6.07) is 12.3. The molecule has 2 aromatic carbocycles. The molecule has 5 nitrogen and oxygen atoms in total. The number of halogens is 4. The monoisotopic (exact) mass is 578 g/mol. The topological polar surface area (TPSA) is 57.2 Å². The van der Waals surface area contributed by atoms with Crippen molar-refractivity contribution >= 4 is 0 Å². The second-order valence-corrected chi connectivity index (χ2v) is 9.94. The first-order chi connectivity index (χ1) is 19.7. The molecule has 0 fully saturated rings. The minimum Gasteiger partial charge on any atom is -0.495 e. The number of unbranched alkanes of at least 4 members (excludes halogenated alkanes) is 1. The van der Waals surface area contributed by atoms with E-state index in [9.17, 15) is 17.6 Å². The van der Waals surface area contributed by atoms with Crippen LogP contribution in [0.4, 0.5) is 17.6 Å². The largest absolute Gasteiger partial charge is 0.495 e. The van der Waals surface area contributed by atoms with E-state index in [4.69, 9.17) is 24.1 Å². The van der Waals surface area contributed by atoms with Crippen LogP contribution >= 0.6 is 0 Å². The van der Waals surface area contributed by atoms with E-state index in [1.165, 1.54) is 6.07 Å². The summed E-state index contributed by atoms with van der Waals surface area (Å²) < 4.78 is 74.1. The van der Waals surface area contributed by atoms with Crippen LogP contribution < -0.4 is 4.74 Å². The molecule has 0 radical (unpaired) electrons. The van der Waals surface area contributed by atoms with E-state index in [0.29, 0.717) is 60.9 Å². The number of hydrogen-bond donors (Lipinski definition) is 1. The Balaban J connectivity index is 1.56. The van der Waals surface area contributed by atoms with Gasteiger partial charge in [0.15, 0.2) is 0 Å². The first-order valence-corrected chi connectivity index (χ1v) is 13.7. The third kappa shape index (κ3) is 11.6. The Labute approximate surface area is 239 Å². The van der Waals surface area contributed by atoms with Crippen molar-refractivity contribution < 1.29 is 41.6 Å². The van der Waals surface area contributed by atoms with E-state index >= 15 is 0 Å². The predicted octanol–water partition coefficient (Wildman–Crippen LogP) is 7.55. The zero-order chi connectivity index (χ0) is 29.7. The molecule has 0 spiro atoms. The van der Waals surface area contributed by atoms with E-state index in [2.05, 4.69) is 6.58 Å². The number of aliphatic hydroxyl groups is 1. The zero-order valence-corrected chi connectivity index (χ0v) is 23.4. The standard InChI is InChI=1S/C32H38F4O5/c1-23(21-37)12-14-39-29-18-27(19-30(20-29)40-16-15-38-2)25-8-10-28(11-9-25)41-22-24-6-7-26(31(33)17-24)5-3-4-13-32(34,35)36/h6-11,17-18,20,27,37H,1,3-5,12-16,19,21-22H2,2H3. The fraction of sp³-hybridized carbons (Fsp3) is 0.438. The molecule has 0 saturated heterocycles. The smallest absolute Gasteiger partial charge is 0.389 e. The Bertz CT molecular complexity index is 1170. The van der Waals surface area contributed by atoms with Gasteiger partial charge in [0.25, 0.3) is 0 Å². The van der Waals surface area contributed by atoms with E-state index in [0.717, 1.165) is 11.3 Å². The number of benzene rings is 2. The van der Waals surface area contributed by atoms with Crippen LogP contribution in [0.3, 0.4) is 0 Å². The molecule has 41 heavy (non-hydrogen) atoms. The maximum atomic E-state index is 14.5. The van der Waals surface area contributed by atoms with Gasteiger partial charge in [-0.3, -0.25) is 0 Å². The van der Waals surface area contributed by atoms with Crippen molar-refractivity contribution in [1.29, 1.82) is 0 Å². The lowest BCUT2D eigenvalue weighted by atomic mass is 9.91. The van der Waals surface area contributed by atoms with Gasteiger partial charge in [0.1, 0.15) is 36.3 Å². The molecule has 1 aliphatic carbocycles. The highest BCUT2D eigenvalue weighted by atomic mass is 19.4. The summed E-state index contributed by atoms with van der Waals surface area (Å²) in [6.45, 7) is 5.17. The SMILES string of the molecule is C=C(CO)CCOC1=CC(c2ccc(OCc3ccc(CCCCC(F)(F)F)c(F)c3)cc2)CC(OCCOC)=C1. The Kier molecular flexibility index (Phi) is 12.7. The van der Waals surface area contributed by atoms with Crippen LogP contribution in [-0.2, 0) is 27.2 Å². The molecule has 0 amide bonds. The van der Waals surface area contributed by atoms with Gasteiger partial charge in [-0.25, -0.2) is 4.39 Å². The van der Waals surface area contributed by atoms with Crippen molar-refractivity contribution in [1.82, 2.24) is 0 Å². The summed E-state index contributed by atoms with van der Waals surface area (Å²) in [6.07, 6.45) is 0.596. The van der Waals surface area contributed by atoms with E-state index in [-0.39, 0.29) is 38.4 Å². The minimum absolute atomic E-state index is 0.0143. The lowest BCUT2D eigenvalue weighted by Crippen LogP contribution is -2.11. The van der Waals surface area contributed by atoms with Crippen LogP contribution in [0.2, 0.25) is 0 Å². The van der Waals surface area contributed by atoms with Gasteiger partial charge in [-0.15, -0.1) is 0 Å². The summed E-state index contributed by atoms with van der Waals surface area (Å²) in [4.78, 5) is 0. The quantitative estimate of drug-likeness (QED) is 0.119. The number of hydrogen-bond acceptors (Lipinski definition) is 5. The number of rotatable bonds is 17. The highest BCUT2D eigenvalue weighted by molar-refractivity contribution is 5.36. The number of ether oxygens (including phenoxy) is 4. The Morgan fingerprint density at radius 1 is 1.00 bits per heavy atom. The van der Waals surface area contributed by atoms with Gasteiger partial charge >= 0.3 is 6.18 Å². The van der Waals surface area contributed by atoms with Crippen molar-refractivity contribution in [3.8, 4) is 5.75 Å². The van der Waals surface area contributed by atoms with Crippen molar-refractivity contribution in [2.45, 2.75) is 57.2 Å². The fourth-order valence-corrected chi connectivity index (χ4v) is 4.29. The Hall–Kier alpha value is -3.30. The second-order valence-electron chi connectivity index (χ2n) is 9.94. The first-order valence-electron chi connectivity index (χ1n) is 13.7. The lowest BCUT2D eigenvalue weighted by molar-refractivity contribution is -0.135. The molecule has 0 aliphatic heterocycles. The average Bonchev–Trinajstić information content (AvgIpc) is 2.95. The fourth-order valence-electron chi connectivity index (χ4n) is 4.29. The van der Waals surface area contributed by atoms with E-state index < -0.39 is 18.4 Å². The predicted molar refractivity (Wildman–Crippen MR) is 149 cm³/mol. The minimum atomic E-state index is -4.18. The van der Waals surface area contributed by atoms with Gasteiger partial charge in [0, 0.05) is 38.4 Å². The number of aryl methyl sites for hydroxylation is 1. The van der Waals surface area contributed by atoms with Crippen LogP contribution in [0.25, 0.3) is 0 Å². The average molecular weight is 579 g/mol. The Morgan fingerprint density at radius 2 is 1.78 bits per heavy atom. The van der Waals surface area contributed by atoms with Crippen LogP contribution in [0.15, 0.2) is 78.3 Å². The Morgan fingerprint density at radius 3 is 2.46 bits per heavy atom. The van der Waals surface area contributed by atoms with Crippen molar-refractivity contribution in [3.05, 3.63) is 101 Å². The van der Waals surface area contributed by atoms with Crippen molar-refractivity contribution in [2.75, 3.05) is 33.5 Å². The molecule has 3 rings (SSSR count). The van der Waals surface area contributed by atoms with Gasteiger partial charge in [-0.1, -0.05) is 30.8 Å². The van der Waals surface area contributed by atoms with Gasteiger partial charge in [-0.2, -0.15) is 13.2 Å². The van der Waals surface area contributed by atoms with E-state index in [1.807, 2.05) is 36.4 Å². The number of methoxy groups -OCH3 is 1. The molecule has 0 bridgehead atoms. The third-order valence-electron chi connectivity index (χ3n) is 6.60. The molecule has 0 saturated carbocycles. The molecule has 1 aliphatic rings. The maximum Gasteiger partial charge on any atom is 0.389 e. The number of alkyl halides is 3. The molecule has 0 aromatic heterocycles. The second kappa shape index (κ2) is 16.2. The molecular formula is C32H38F4O5. The molecule has 1 N–H and O–H groups in total. The van der Waals surface area contributed by atoms with Gasteiger partial charge in [-0.05, 0) is 65.8 Å². The van der Waals surface area contributed by atoms with Crippen molar-refractivity contribution in [2.24, 2.45) is 0 Å². The highest BCUT2D eigenvalue weighted by Gasteiger charge is 2.26. The highest BCUT2D eigenvalue weighted by Crippen LogP contribution is 2.33. The number of aliphatic hydroxyl groups excluding tert-OH is 1. The maximum absolute atomic E-state index is 14.5. The summed E-state index contributed by atoms with van der Waals surface area (Å²) >= 11 is 0. The van der Waals surface area contributed by atoms with Crippen LogP contribution in [-0.4, -0.2) is 44.8 Å². The zero-order valence-electron chi connectivity index (χ0n) is 23.4. The molecule has 1 unspecified atom stereocenters. The summed E-state index contributed by atoms with van der Waals surface area (Å²) in [5, 5.41) is 9.16. The third-order valence-corrected chi connectivity index (χ3v) is 6.60. The number of allylic oxidation sites excluding steroid dienone is 3. The molecule has 0 heterocycles. The van der Waals surface area contributed by atoms with Gasteiger partial charge < -0.3 is 24.1 Å². The lowest BCUT2D eigenvalue weighted by Gasteiger charge is -2.23. The molecule has 9 heteroatoms. The van der Waals surface area contributed by atoms with Gasteiger partial charge in [0.2, 0.25) is 0 Å². The molecule has 1 atom stereocenters.